The van der Waals surface area contributed by atoms with Crippen LogP contribution in [0.25, 0.3) is 0 Å². The first kappa shape index (κ1) is 18.3. The van der Waals surface area contributed by atoms with Crippen molar-refractivity contribution in [1.29, 1.82) is 0 Å². The lowest BCUT2D eigenvalue weighted by molar-refractivity contribution is -0.384. The summed E-state index contributed by atoms with van der Waals surface area (Å²) in [5, 5.41) is 13.7. The van der Waals surface area contributed by atoms with E-state index in [0.29, 0.717) is 18.8 Å². The molecular formula is C18H20N2O5. The molecule has 7 heteroatoms. The Kier molecular flexibility index (Phi) is 6.33. The molecular weight excluding hydrogens is 324 g/mol. The van der Waals surface area contributed by atoms with Crippen LogP contribution in [0.4, 0.5) is 11.4 Å². The SMILES string of the molecule is CCOc1ccc(CCC(=O)Nc2ccc(OC)cc2[N+](=O)[O-])cc1. The number of nitro groups is 1. The molecule has 7 nitrogen and oxygen atoms in total. The molecule has 2 aromatic rings. The van der Waals surface area contributed by atoms with Gasteiger partial charge in [0.25, 0.3) is 5.69 Å². The van der Waals surface area contributed by atoms with Gasteiger partial charge in [-0.05, 0) is 43.2 Å². The molecule has 1 N–H and O–H groups in total. The highest BCUT2D eigenvalue weighted by Crippen LogP contribution is 2.29. The smallest absolute Gasteiger partial charge is 0.296 e. The van der Waals surface area contributed by atoms with Crippen molar-refractivity contribution < 1.29 is 19.2 Å². The van der Waals surface area contributed by atoms with E-state index in [1.807, 2.05) is 31.2 Å². The Morgan fingerprint density at radius 2 is 1.84 bits per heavy atom. The van der Waals surface area contributed by atoms with E-state index in [1.165, 1.54) is 19.2 Å². The zero-order valence-corrected chi connectivity index (χ0v) is 14.2. The van der Waals surface area contributed by atoms with Crippen LogP contribution < -0.4 is 14.8 Å². The van der Waals surface area contributed by atoms with E-state index in [4.69, 9.17) is 9.47 Å². The molecule has 0 aromatic heterocycles. The van der Waals surface area contributed by atoms with E-state index < -0.39 is 4.92 Å². The highest BCUT2D eigenvalue weighted by molar-refractivity contribution is 5.93. The lowest BCUT2D eigenvalue weighted by Gasteiger charge is -2.08. The van der Waals surface area contributed by atoms with E-state index in [1.54, 1.807) is 6.07 Å². The molecule has 0 heterocycles. The van der Waals surface area contributed by atoms with Crippen molar-refractivity contribution in [3.05, 3.63) is 58.1 Å². The largest absolute Gasteiger partial charge is 0.496 e. The molecule has 2 aromatic carbocycles. The fourth-order valence-electron chi connectivity index (χ4n) is 2.28. The summed E-state index contributed by atoms with van der Waals surface area (Å²) in [6.45, 7) is 2.51. The highest BCUT2D eigenvalue weighted by atomic mass is 16.6. The van der Waals surface area contributed by atoms with Crippen LogP contribution in [0.3, 0.4) is 0 Å². The number of ether oxygens (including phenoxy) is 2. The van der Waals surface area contributed by atoms with Crippen molar-refractivity contribution in [3.63, 3.8) is 0 Å². The van der Waals surface area contributed by atoms with E-state index in [2.05, 4.69) is 5.32 Å². The molecule has 0 atom stereocenters. The zero-order valence-electron chi connectivity index (χ0n) is 14.2. The standard InChI is InChI=1S/C18H20N2O5/c1-3-25-14-7-4-13(5-8-14)6-11-18(21)19-16-10-9-15(24-2)12-17(16)20(22)23/h4-5,7-10,12H,3,6,11H2,1-2H3,(H,19,21). The highest BCUT2D eigenvalue weighted by Gasteiger charge is 2.17. The number of rotatable bonds is 8. The monoisotopic (exact) mass is 344 g/mol. The molecule has 132 valence electrons. The molecule has 0 aliphatic heterocycles. The van der Waals surface area contributed by atoms with Gasteiger partial charge in [-0.25, -0.2) is 0 Å². The molecule has 0 saturated carbocycles. The number of hydrogen-bond acceptors (Lipinski definition) is 5. The Morgan fingerprint density at radius 3 is 2.44 bits per heavy atom. The number of nitrogens with one attached hydrogen (secondary N) is 1. The average Bonchev–Trinajstić information content (AvgIpc) is 2.61. The van der Waals surface area contributed by atoms with Crippen LogP contribution in [0, 0.1) is 10.1 Å². The van der Waals surface area contributed by atoms with Gasteiger partial charge >= 0.3 is 0 Å². The van der Waals surface area contributed by atoms with Crippen LogP contribution in [0.2, 0.25) is 0 Å². The Morgan fingerprint density at radius 1 is 1.16 bits per heavy atom. The number of anilines is 1. The van der Waals surface area contributed by atoms with E-state index >= 15 is 0 Å². The Balaban J connectivity index is 1.97. The minimum atomic E-state index is -0.551. The molecule has 0 fully saturated rings. The molecule has 0 unspecified atom stereocenters. The number of nitro benzene ring substituents is 1. The first-order chi connectivity index (χ1) is 12.0. The summed E-state index contributed by atoms with van der Waals surface area (Å²) in [4.78, 5) is 22.7. The molecule has 0 radical (unpaired) electrons. The van der Waals surface area contributed by atoms with Crippen molar-refractivity contribution in [3.8, 4) is 11.5 Å². The van der Waals surface area contributed by atoms with Crippen molar-refractivity contribution in [2.24, 2.45) is 0 Å². The van der Waals surface area contributed by atoms with Gasteiger partial charge in [-0.15, -0.1) is 0 Å². The van der Waals surface area contributed by atoms with Crippen LogP contribution in [0.15, 0.2) is 42.5 Å². The lowest BCUT2D eigenvalue weighted by Crippen LogP contribution is -2.13. The number of benzene rings is 2. The molecule has 0 aliphatic carbocycles. The second-order valence-electron chi connectivity index (χ2n) is 5.27. The van der Waals surface area contributed by atoms with Gasteiger partial charge in [-0.3, -0.25) is 14.9 Å². The molecule has 1 amide bonds. The summed E-state index contributed by atoms with van der Waals surface area (Å²) in [5.41, 5.74) is 0.944. The molecule has 25 heavy (non-hydrogen) atoms. The van der Waals surface area contributed by atoms with Crippen LogP contribution in [0.1, 0.15) is 18.9 Å². The van der Waals surface area contributed by atoms with Crippen LogP contribution >= 0.6 is 0 Å². The van der Waals surface area contributed by atoms with Gasteiger partial charge in [-0.2, -0.15) is 0 Å². The summed E-state index contributed by atoms with van der Waals surface area (Å²) >= 11 is 0. The third kappa shape index (κ3) is 5.20. The predicted octanol–water partition coefficient (Wildman–Crippen LogP) is 3.57. The van der Waals surface area contributed by atoms with Crippen molar-refractivity contribution in [2.45, 2.75) is 19.8 Å². The summed E-state index contributed by atoms with van der Waals surface area (Å²) < 4.78 is 10.3. The zero-order chi connectivity index (χ0) is 18.2. The Labute approximate surface area is 145 Å². The summed E-state index contributed by atoms with van der Waals surface area (Å²) in [5.74, 6) is 0.853. The van der Waals surface area contributed by atoms with Gasteiger partial charge in [0.2, 0.25) is 5.91 Å². The third-order valence-electron chi connectivity index (χ3n) is 3.55. The fourth-order valence-corrected chi connectivity index (χ4v) is 2.28. The number of aryl methyl sites for hydroxylation is 1. The van der Waals surface area contributed by atoms with Gasteiger partial charge in [0.05, 0.1) is 24.7 Å². The Hall–Kier alpha value is -3.09. The summed E-state index contributed by atoms with van der Waals surface area (Å²) in [6, 6.07) is 11.8. The minimum Gasteiger partial charge on any atom is -0.496 e. The number of amides is 1. The van der Waals surface area contributed by atoms with Crippen LogP contribution in [0.5, 0.6) is 11.5 Å². The van der Waals surface area contributed by atoms with E-state index in [-0.39, 0.29) is 23.7 Å². The van der Waals surface area contributed by atoms with Gasteiger partial charge in [0, 0.05) is 6.42 Å². The summed E-state index contributed by atoms with van der Waals surface area (Å²) in [7, 11) is 1.42. The van der Waals surface area contributed by atoms with E-state index in [0.717, 1.165) is 11.3 Å². The second-order valence-corrected chi connectivity index (χ2v) is 5.27. The number of carbonyl (C=O) groups excluding carboxylic acids is 1. The van der Waals surface area contributed by atoms with Crippen LogP contribution in [-0.4, -0.2) is 24.5 Å². The van der Waals surface area contributed by atoms with Gasteiger partial charge in [0.15, 0.2) is 0 Å². The normalized spacial score (nSPS) is 10.2. The lowest BCUT2D eigenvalue weighted by atomic mass is 10.1. The topological polar surface area (TPSA) is 90.7 Å². The minimum absolute atomic E-state index is 0.155. The first-order valence-corrected chi connectivity index (χ1v) is 7.87. The maximum absolute atomic E-state index is 12.1. The van der Waals surface area contributed by atoms with Crippen molar-refractivity contribution >= 4 is 17.3 Å². The molecule has 2 rings (SSSR count). The molecule has 0 aliphatic rings. The van der Waals surface area contributed by atoms with Gasteiger partial charge < -0.3 is 14.8 Å². The number of hydrogen-bond donors (Lipinski definition) is 1. The second kappa shape index (κ2) is 8.68. The number of carbonyl (C=O) groups is 1. The molecule has 0 spiro atoms. The van der Waals surface area contributed by atoms with Gasteiger partial charge in [0.1, 0.15) is 17.2 Å². The van der Waals surface area contributed by atoms with Crippen molar-refractivity contribution in [1.82, 2.24) is 0 Å². The maximum atomic E-state index is 12.1. The van der Waals surface area contributed by atoms with Crippen LogP contribution in [-0.2, 0) is 11.2 Å². The van der Waals surface area contributed by atoms with Crippen molar-refractivity contribution in [2.75, 3.05) is 19.0 Å². The molecule has 0 saturated heterocycles. The third-order valence-corrected chi connectivity index (χ3v) is 3.55. The maximum Gasteiger partial charge on any atom is 0.296 e. The summed E-state index contributed by atoms with van der Waals surface area (Å²) in [6.07, 6.45) is 0.749. The molecule has 0 bridgehead atoms. The number of methoxy groups -OCH3 is 1. The number of nitrogens with zero attached hydrogens (tertiary/aromatic N) is 1. The predicted molar refractivity (Wildman–Crippen MR) is 94.2 cm³/mol. The Bertz CT molecular complexity index is 744. The quantitative estimate of drug-likeness (QED) is 0.584. The van der Waals surface area contributed by atoms with E-state index in [9.17, 15) is 14.9 Å². The fraction of sp³-hybridized carbons (Fsp3) is 0.278. The average molecular weight is 344 g/mol. The van der Waals surface area contributed by atoms with Gasteiger partial charge in [-0.1, -0.05) is 12.1 Å². The first-order valence-electron chi connectivity index (χ1n) is 7.87.